The number of hydrogen-bond acceptors (Lipinski definition) is 6. The maximum Gasteiger partial charge on any atom is 0.244 e. The molecule has 2 rings (SSSR count). The Morgan fingerprint density at radius 3 is 2.50 bits per heavy atom. The van der Waals surface area contributed by atoms with Crippen LogP contribution in [0.3, 0.4) is 0 Å². The van der Waals surface area contributed by atoms with Gasteiger partial charge in [-0.15, -0.1) is 0 Å². The van der Waals surface area contributed by atoms with Crippen LogP contribution in [0.1, 0.15) is 6.92 Å². The number of hydrogen-bond donors (Lipinski definition) is 2. The molecule has 6 heteroatoms. The first-order valence-corrected chi connectivity index (χ1v) is 6.41. The normalized spacial score (nSPS) is 10.2. The van der Waals surface area contributed by atoms with Crippen molar-refractivity contribution in [3.05, 3.63) is 30.3 Å². The van der Waals surface area contributed by atoms with Gasteiger partial charge in [-0.1, -0.05) is 18.2 Å². The molecule has 0 atom stereocenters. The Morgan fingerprint density at radius 1 is 1.20 bits per heavy atom. The minimum Gasteiger partial charge on any atom is -0.476 e. The summed E-state index contributed by atoms with van der Waals surface area (Å²) in [7, 11) is 3.74. The zero-order valence-corrected chi connectivity index (χ0v) is 11.9. The highest BCUT2D eigenvalue weighted by Crippen LogP contribution is 2.30. The standard InChI is InChI=1S/C14H19N5O/c1-4-20-13-11(15)12(17-14(18-13)19(2)3)16-10-8-6-5-7-9-10/h5-9H,4,15H2,1-3H3,(H,16,17,18). The van der Waals surface area contributed by atoms with Gasteiger partial charge in [0.1, 0.15) is 5.69 Å². The number of benzene rings is 1. The van der Waals surface area contributed by atoms with Gasteiger partial charge in [0.05, 0.1) is 6.61 Å². The van der Waals surface area contributed by atoms with Gasteiger partial charge in [0, 0.05) is 19.8 Å². The van der Waals surface area contributed by atoms with Crippen LogP contribution in [0.5, 0.6) is 5.88 Å². The van der Waals surface area contributed by atoms with Gasteiger partial charge in [0.25, 0.3) is 0 Å². The quantitative estimate of drug-likeness (QED) is 0.870. The highest BCUT2D eigenvalue weighted by molar-refractivity contribution is 5.73. The number of nitrogens with one attached hydrogen (secondary N) is 1. The molecule has 1 aromatic carbocycles. The molecule has 1 heterocycles. The smallest absolute Gasteiger partial charge is 0.244 e. The van der Waals surface area contributed by atoms with Gasteiger partial charge in [-0.2, -0.15) is 9.97 Å². The third-order valence-electron chi connectivity index (χ3n) is 2.62. The second-order valence-electron chi connectivity index (χ2n) is 4.41. The second kappa shape index (κ2) is 6.10. The number of rotatable bonds is 5. The lowest BCUT2D eigenvalue weighted by Gasteiger charge is -2.16. The maximum atomic E-state index is 6.06. The van der Waals surface area contributed by atoms with E-state index in [1.165, 1.54) is 0 Å². The summed E-state index contributed by atoms with van der Waals surface area (Å²) in [6.45, 7) is 2.39. The molecule has 0 fully saturated rings. The van der Waals surface area contributed by atoms with Crippen LogP contribution in [-0.2, 0) is 0 Å². The van der Waals surface area contributed by atoms with Crippen molar-refractivity contribution in [2.75, 3.05) is 36.7 Å². The summed E-state index contributed by atoms with van der Waals surface area (Å²) >= 11 is 0. The summed E-state index contributed by atoms with van der Waals surface area (Å²) < 4.78 is 5.46. The summed E-state index contributed by atoms with van der Waals surface area (Å²) in [6, 6.07) is 9.71. The van der Waals surface area contributed by atoms with Gasteiger partial charge < -0.3 is 20.7 Å². The molecule has 0 spiro atoms. The van der Waals surface area contributed by atoms with Crippen LogP contribution < -0.4 is 20.7 Å². The summed E-state index contributed by atoms with van der Waals surface area (Å²) in [5.74, 6) is 1.48. The third kappa shape index (κ3) is 3.09. The molecule has 6 nitrogen and oxygen atoms in total. The van der Waals surface area contributed by atoms with E-state index in [-0.39, 0.29) is 0 Å². The molecule has 3 N–H and O–H groups in total. The largest absolute Gasteiger partial charge is 0.476 e. The molecule has 106 valence electrons. The zero-order chi connectivity index (χ0) is 14.5. The van der Waals surface area contributed by atoms with Crippen LogP contribution in [0, 0.1) is 0 Å². The molecule has 0 aliphatic carbocycles. The van der Waals surface area contributed by atoms with Crippen molar-refractivity contribution in [2.24, 2.45) is 0 Å². The van der Waals surface area contributed by atoms with Crippen LogP contribution in [-0.4, -0.2) is 30.7 Å². The number of para-hydroxylation sites is 1. The summed E-state index contributed by atoms with van der Waals surface area (Å²) in [5.41, 5.74) is 7.37. The predicted octanol–water partition coefficient (Wildman–Crippen LogP) is 2.27. The molecule has 0 saturated carbocycles. The van der Waals surface area contributed by atoms with Crippen molar-refractivity contribution >= 4 is 23.1 Å². The van der Waals surface area contributed by atoms with E-state index < -0.39 is 0 Å². The van der Waals surface area contributed by atoms with Gasteiger partial charge in [0.15, 0.2) is 5.82 Å². The van der Waals surface area contributed by atoms with Gasteiger partial charge in [0.2, 0.25) is 11.8 Å². The van der Waals surface area contributed by atoms with Crippen molar-refractivity contribution in [2.45, 2.75) is 6.92 Å². The van der Waals surface area contributed by atoms with E-state index in [4.69, 9.17) is 10.5 Å². The highest BCUT2D eigenvalue weighted by Gasteiger charge is 2.14. The molecule has 0 saturated heterocycles. The van der Waals surface area contributed by atoms with Crippen molar-refractivity contribution in [3.63, 3.8) is 0 Å². The average Bonchev–Trinajstić information content (AvgIpc) is 2.44. The molecule has 1 aromatic heterocycles. The number of aromatic nitrogens is 2. The second-order valence-corrected chi connectivity index (χ2v) is 4.41. The van der Waals surface area contributed by atoms with E-state index in [9.17, 15) is 0 Å². The Balaban J connectivity index is 2.40. The first-order chi connectivity index (χ1) is 9.61. The average molecular weight is 273 g/mol. The van der Waals surface area contributed by atoms with Crippen LogP contribution in [0.4, 0.5) is 23.1 Å². The van der Waals surface area contributed by atoms with Crippen molar-refractivity contribution in [3.8, 4) is 5.88 Å². The zero-order valence-electron chi connectivity index (χ0n) is 11.9. The molecule has 0 aliphatic heterocycles. The molecule has 20 heavy (non-hydrogen) atoms. The van der Waals surface area contributed by atoms with E-state index in [2.05, 4.69) is 15.3 Å². The number of anilines is 4. The molecule has 2 aromatic rings. The molecule has 0 unspecified atom stereocenters. The molecule has 0 bridgehead atoms. The van der Waals surface area contributed by atoms with Crippen molar-refractivity contribution in [1.82, 2.24) is 9.97 Å². The van der Waals surface area contributed by atoms with Crippen LogP contribution in [0.2, 0.25) is 0 Å². The van der Waals surface area contributed by atoms with E-state index in [0.29, 0.717) is 29.9 Å². The fourth-order valence-corrected chi connectivity index (χ4v) is 1.64. The summed E-state index contributed by atoms with van der Waals surface area (Å²) in [4.78, 5) is 10.5. The van der Waals surface area contributed by atoms with Crippen molar-refractivity contribution < 1.29 is 4.74 Å². The van der Waals surface area contributed by atoms with Gasteiger partial charge >= 0.3 is 0 Å². The number of nitrogens with two attached hydrogens (primary N) is 1. The van der Waals surface area contributed by atoms with E-state index in [1.807, 2.05) is 51.4 Å². The molecular formula is C14H19N5O. The number of nitrogen functional groups attached to an aromatic ring is 1. The fourth-order valence-electron chi connectivity index (χ4n) is 1.64. The number of nitrogens with zero attached hydrogens (tertiary/aromatic N) is 3. The molecule has 0 radical (unpaired) electrons. The Kier molecular flexibility index (Phi) is 4.24. The van der Waals surface area contributed by atoms with E-state index >= 15 is 0 Å². The highest BCUT2D eigenvalue weighted by atomic mass is 16.5. The maximum absolute atomic E-state index is 6.06. The third-order valence-corrected chi connectivity index (χ3v) is 2.62. The summed E-state index contributed by atoms with van der Waals surface area (Å²) in [5, 5.41) is 3.18. The van der Waals surface area contributed by atoms with Crippen LogP contribution in [0.25, 0.3) is 0 Å². The van der Waals surface area contributed by atoms with E-state index in [1.54, 1.807) is 4.90 Å². The Morgan fingerprint density at radius 2 is 1.90 bits per heavy atom. The Labute approximate surface area is 118 Å². The van der Waals surface area contributed by atoms with Gasteiger partial charge in [-0.3, -0.25) is 0 Å². The minimum absolute atomic E-state index is 0.393. The SMILES string of the molecule is CCOc1nc(N(C)C)nc(Nc2ccccc2)c1N. The van der Waals surface area contributed by atoms with Crippen LogP contribution >= 0.6 is 0 Å². The first-order valence-electron chi connectivity index (χ1n) is 6.41. The first kappa shape index (κ1) is 13.9. The van der Waals surface area contributed by atoms with Crippen LogP contribution in [0.15, 0.2) is 30.3 Å². The fraction of sp³-hybridized carbons (Fsp3) is 0.286. The lowest BCUT2D eigenvalue weighted by atomic mass is 10.3. The number of ether oxygens (including phenoxy) is 1. The molecular weight excluding hydrogens is 254 g/mol. The van der Waals surface area contributed by atoms with E-state index in [0.717, 1.165) is 5.69 Å². The van der Waals surface area contributed by atoms with Gasteiger partial charge in [-0.05, 0) is 19.1 Å². The topological polar surface area (TPSA) is 76.3 Å². The molecule has 0 aliphatic rings. The lowest BCUT2D eigenvalue weighted by molar-refractivity contribution is 0.328. The Bertz CT molecular complexity index is 571. The summed E-state index contributed by atoms with van der Waals surface area (Å²) in [6.07, 6.45) is 0. The van der Waals surface area contributed by atoms with Gasteiger partial charge in [-0.25, -0.2) is 0 Å². The predicted molar refractivity (Wildman–Crippen MR) is 81.7 cm³/mol. The minimum atomic E-state index is 0.393. The lowest BCUT2D eigenvalue weighted by Crippen LogP contribution is -2.15. The van der Waals surface area contributed by atoms with Crippen molar-refractivity contribution in [1.29, 1.82) is 0 Å². The Hall–Kier alpha value is -2.50. The monoisotopic (exact) mass is 273 g/mol. The molecule has 0 amide bonds.